The predicted octanol–water partition coefficient (Wildman–Crippen LogP) is 6.33. The number of hydrogen-bond acceptors (Lipinski definition) is 9. The zero-order chi connectivity index (χ0) is 31.2. The molecule has 230 valence electrons. The third-order valence-electron chi connectivity index (χ3n) is 6.20. The first-order chi connectivity index (χ1) is 19.5. The van der Waals surface area contributed by atoms with Gasteiger partial charge in [0, 0.05) is 44.9 Å². The molecule has 0 aliphatic carbocycles. The van der Waals surface area contributed by atoms with E-state index in [0.717, 1.165) is 0 Å². The SMILES string of the molecule is CC(C)(C)OC(=O)N(CCCN(C(=O)OC(C)(C)C)C1CCN(c2nc(Cl)ncc2Cl)C1)Cc1cccc([N+](=O)[O-])c1. The fourth-order valence-corrected chi connectivity index (χ4v) is 4.81. The molecule has 1 unspecified atom stereocenters. The number of anilines is 1. The van der Waals surface area contributed by atoms with E-state index < -0.39 is 28.3 Å². The summed E-state index contributed by atoms with van der Waals surface area (Å²) in [5.74, 6) is 0.497. The Hall–Kier alpha value is -3.38. The average molecular weight is 626 g/mol. The van der Waals surface area contributed by atoms with Gasteiger partial charge in [0.15, 0.2) is 5.82 Å². The van der Waals surface area contributed by atoms with Crippen LogP contribution in [0.15, 0.2) is 30.5 Å². The molecular weight excluding hydrogens is 587 g/mol. The van der Waals surface area contributed by atoms with Crippen molar-refractivity contribution in [3.63, 3.8) is 0 Å². The van der Waals surface area contributed by atoms with Crippen LogP contribution < -0.4 is 4.90 Å². The maximum atomic E-state index is 13.3. The first kappa shape index (κ1) is 33.1. The molecule has 14 heteroatoms. The summed E-state index contributed by atoms with van der Waals surface area (Å²) in [4.78, 5) is 50.5. The van der Waals surface area contributed by atoms with Crippen LogP contribution in [0.25, 0.3) is 0 Å². The van der Waals surface area contributed by atoms with Crippen LogP contribution in [0.2, 0.25) is 10.3 Å². The Morgan fingerprint density at radius 2 is 1.76 bits per heavy atom. The summed E-state index contributed by atoms with van der Waals surface area (Å²) in [5, 5.41) is 11.7. The zero-order valence-corrected chi connectivity index (χ0v) is 26.3. The summed E-state index contributed by atoms with van der Waals surface area (Å²) >= 11 is 12.3. The van der Waals surface area contributed by atoms with Gasteiger partial charge in [-0.15, -0.1) is 0 Å². The maximum absolute atomic E-state index is 13.3. The number of ether oxygens (including phenoxy) is 2. The second-order valence-corrected chi connectivity index (χ2v) is 12.8. The number of rotatable bonds is 9. The summed E-state index contributed by atoms with van der Waals surface area (Å²) in [6.07, 6.45) is 1.46. The molecule has 2 heterocycles. The van der Waals surface area contributed by atoms with Crippen molar-refractivity contribution in [1.82, 2.24) is 19.8 Å². The van der Waals surface area contributed by atoms with Crippen LogP contribution in [-0.4, -0.2) is 80.3 Å². The molecule has 12 nitrogen and oxygen atoms in total. The molecule has 1 fully saturated rings. The number of carbonyl (C=O) groups is 2. The third-order valence-corrected chi connectivity index (χ3v) is 6.65. The van der Waals surface area contributed by atoms with Gasteiger partial charge in [0.1, 0.15) is 16.2 Å². The van der Waals surface area contributed by atoms with E-state index in [9.17, 15) is 19.7 Å². The molecule has 0 N–H and O–H groups in total. The van der Waals surface area contributed by atoms with Crippen LogP contribution in [0.4, 0.5) is 21.1 Å². The van der Waals surface area contributed by atoms with Gasteiger partial charge in [0.05, 0.1) is 17.2 Å². The van der Waals surface area contributed by atoms with E-state index in [-0.39, 0.29) is 30.1 Å². The Labute approximate surface area is 256 Å². The van der Waals surface area contributed by atoms with Gasteiger partial charge in [0.2, 0.25) is 5.28 Å². The number of amides is 2. The van der Waals surface area contributed by atoms with Crippen molar-refractivity contribution in [2.24, 2.45) is 0 Å². The predicted molar refractivity (Wildman–Crippen MR) is 160 cm³/mol. The lowest BCUT2D eigenvalue weighted by atomic mass is 10.1. The van der Waals surface area contributed by atoms with Crippen LogP contribution >= 0.6 is 23.2 Å². The van der Waals surface area contributed by atoms with Crippen molar-refractivity contribution in [2.45, 2.75) is 78.2 Å². The van der Waals surface area contributed by atoms with E-state index in [0.29, 0.717) is 48.9 Å². The number of nitrogens with zero attached hydrogens (tertiary/aromatic N) is 6. The molecular formula is C28H38Cl2N6O6. The standard InChI is InChI=1S/C28H38Cl2N6O6/c1-27(2,3)41-25(37)34(17-19-9-7-10-20(15-19)36(39)40)12-8-13-35(26(38)42-28(4,5)6)21-11-14-33(18-21)23-22(29)16-31-24(30)32-23/h7,9-10,15-16,21H,8,11-14,17-18H2,1-6H3. The molecule has 3 rings (SSSR count). The number of halogens is 2. The highest BCUT2D eigenvalue weighted by atomic mass is 35.5. The van der Waals surface area contributed by atoms with E-state index in [2.05, 4.69) is 9.97 Å². The minimum Gasteiger partial charge on any atom is -0.444 e. The summed E-state index contributed by atoms with van der Waals surface area (Å²) in [6.45, 7) is 12.4. The number of nitro groups is 1. The number of aromatic nitrogens is 2. The fourth-order valence-electron chi connectivity index (χ4n) is 4.47. The van der Waals surface area contributed by atoms with Gasteiger partial charge in [0.25, 0.3) is 5.69 Å². The first-order valence-corrected chi connectivity index (χ1v) is 14.4. The Morgan fingerprint density at radius 3 is 2.40 bits per heavy atom. The third kappa shape index (κ3) is 9.87. The average Bonchev–Trinajstić information content (AvgIpc) is 3.34. The van der Waals surface area contributed by atoms with Gasteiger partial charge in [-0.1, -0.05) is 23.7 Å². The highest BCUT2D eigenvalue weighted by Crippen LogP contribution is 2.29. The second kappa shape index (κ2) is 13.7. The van der Waals surface area contributed by atoms with Gasteiger partial charge >= 0.3 is 12.2 Å². The molecule has 1 aromatic carbocycles. The highest BCUT2D eigenvalue weighted by molar-refractivity contribution is 6.33. The minimum atomic E-state index is -0.737. The molecule has 1 saturated heterocycles. The Bertz CT molecular complexity index is 1280. The van der Waals surface area contributed by atoms with E-state index in [1.54, 1.807) is 58.6 Å². The Morgan fingerprint density at radius 1 is 1.10 bits per heavy atom. The molecule has 1 atom stereocenters. The van der Waals surface area contributed by atoms with Gasteiger partial charge in [-0.2, -0.15) is 4.98 Å². The molecule has 0 bridgehead atoms. The van der Waals surface area contributed by atoms with Crippen LogP contribution in [0, 0.1) is 10.1 Å². The van der Waals surface area contributed by atoms with Crippen LogP contribution in [0.5, 0.6) is 0 Å². The minimum absolute atomic E-state index is 0.0661. The second-order valence-electron chi connectivity index (χ2n) is 12.1. The highest BCUT2D eigenvalue weighted by Gasteiger charge is 2.35. The van der Waals surface area contributed by atoms with Crippen LogP contribution in [-0.2, 0) is 16.0 Å². The monoisotopic (exact) mass is 624 g/mol. The van der Waals surface area contributed by atoms with Crippen molar-refractivity contribution < 1.29 is 24.0 Å². The summed E-state index contributed by atoms with van der Waals surface area (Å²) in [6, 6.07) is 5.91. The number of carbonyl (C=O) groups excluding carboxylic acids is 2. The summed E-state index contributed by atoms with van der Waals surface area (Å²) in [5.41, 5.74) is -0.921. The van der Waals surface area contributed by atoms with E-state index in [1.807, 2.05) is 4.90 Å². The molecule has 2 aromatic rings. The van der Waals surface area contributed by atoms with Crippen LogP contribution in [0.1, 0.15) is 59.9 Å². The molecule has 1 aromatic heterocycles. The maximum Gasteiger partial charge on any atom is 0.410 e. The Kier molecular flexibility index (Phi) is 10.8. The first-order valence-electron chi connectivity index (χ1n) is 13.7. The lowest BCUT2D eigenvalue weighted by Gasteiger charge is -2.33. The van der Waals surface area contributed by atoms with E-state index in [1.165, 1.54) is 23.2 Å². The lowest BCUT2D eigenvalue weighted by molar-refractivity contribution is -0.384. The fraction of sp³-hybridized carbons (Fsp3) is 0.571. The molecule has 1 aliphatic heterocycles. The summed E-state index contributed by atoms with van der Waals surface area (Å²) in [7, 11) is 0. The number of benzene rings is 1. The van der Waals surface area contributed by atoms with Crippen molar-refractivity contribution >= 4 is 46.9 Å². The molecule has 0 saturated carbocycles. The van der Waals surface area contributed by atoms with Crippen LogP contribution in [0.3, 0.4) is 0 Å². The van der Waals surface area contributed by atoms with Crippen molar-refractivity contribution in [3.8, 4) is 0 Å². The molecule has 0 radical (unpaired) electrons. The van der Waals surface area contributed by atoms with Crippen molar-refractivity contribution in [3.05, 3.63) is 56.4 Å². The number of non-ortho nitro benzene ring substituents is 1. The topological polar surface area (TPSA) is 131 Å². The molecule has 2 amide bonds. The van der Waals surface area contributed by atoms with Gasteiger partial charge in [-0.3, -0.25) is 10.1 Å². The smallest absolute Gasteiger partial charge is 0.410 e. The number of nitro benzene ring substituents is 1. The Balaban J connectivity index is 1.77. The van der Waals surface area contributed by atoms with Gasteiger partial charge in [-0.05, 0) is 71.5 Å². The largest absolute Gasteiger partial charge is 0.444 e. The summed E-state index contributed by atoms with van der Waals surface area (Å²) < 4.78 is 11.3. The lowest BCUT2D eigenvalue weighted by Crippen LogP contribution is -2.46. The van der Waals surface area contributed by atoms with E-state index in [4.69, 9.17) is 32.7 Å². The molecule has 1 aliphatic rings. The van der Waals surface area contributed by atoms with Gasteiger partial charge in [-0.25, -0.2) is 14.6 Å². The van der Waals surface area contributed by atoms with Crippen molar-refractivity contribution in [2.75, 3.05) is 31.1 Å². The van der Waals surface area contributed by atoms with Crippen molar-refractivity contribution in [1.29, 1.82) is 0 Å². The molecule has 0 spiro atoms. The van der Waals surface area contributed by atoms with E-state index >= 15 is 0 Å². The quantitative estimate of drug-likeness (QED) is 0.178. The normalized spacial score (nSPS) is 15.3. The number of hydrogen-bond donors (Lipinski definition) is 0. The molecule has 42 heavy (non-hydrogen) atoms. The van der Waals surface area contributed by atoms with Gasteiger partial charge < -0.3 is 24.2 Å². The zero-order valence-electron chi connectivity index (χ0n) is 24.8.